The quantitative estimate of drug-likeness (QED) is 0.663. The van der Waals surface area contributed by atoms with Gasteiger partial charge in [-0.15, -0.1) is 11.3 Å². The highest BCUT2D eigenvalue weighted by Gasteiger charge is 2.31. The van der Waals surface area contributed by atoms with Gasteiger partial charge in [0, 0.05) is 34.8 Å². The van der Waals surface area contributed by atoms with Gasteiger partial charge in [-0.3, -0.25) is 9.59 Å². The molecule has 0 atom stereocenters. The minimum absolute atomic E-state index is 0.300. The first-order chi connectivity index (χ1) is 13.2. The van der Waals surface area contributed by atoms with Gasteiger partial charge in [-0.2, -0.15) is 13.2 Å². The molecule has 0 saturated heterocycles. The zero-order valence-corrected chi connectivity index (χ0v) is 15.7. The number of alkyl halides is 3. The predicted molar refractivity (Wildman–Crippen MR) is 101 cm³/mol. The van der Waals surface area contributed by atoms with Crippen molar-refractivity contribution in [3.63, 3.8) is 0 Å². The Bertz CT molecular complexity index is 1050. The minimum Gasteiger partial charge on any atom is -0.305 e. The molecule has 2 heterocycles. The summed E-state index contributed by atoms with van der Waals surface area (Å²) in [6.07, 6.45) is -1.78. The van der Waals surface area contributed by atoms with E-state index in [-0.39, 0.29) is 0 Å². The van der Waals surface area contributed by atoms with Crippen LogP contribution in [-0.4, -0.2) is 15.5 Å². The number of amides is 1. The van der Waals surface area contributed by atoms with E-state index >= 15 is 0 Å². The third-order valence-electron chi connectivity index (χ3n) is 3.72. The number of anilines is 1. The van der Waals surface area contributed by atoms with Crippen molar-refractivity contribution in [2.75, 3.05) is 5.32 Å². The molecule has 3 rings (SSSR count). The smallest absolute Gasteiger partial charge is 0.305 e. The molecule has 10 heteroatoms. The number of benzene rings is 1. The lowest BCUT2D eigenvalue weighted by Crippen LogP contribution is -2.28. The van der Waals surface area contributed by atoms with E-state index in [0.717, 1.165) is 16.5 Å². The molecule has 1 N–H and O–H groups in total. The van der Waals surface area contributed by atoms with Gasteiger partial charge in [0.1, 0.15) is 6.54 Å². The fraction of sp³-hybridized carbons (Fsp3) is 0.167. The molecular weight excluding hydrogens is 415 g/mol. The van der Waals surface area contributed by atoms with Gasteiger partial charge >= 0.3 is 6.18 Å². The molecule has 0 spiro atoms. The number of nitrogens with zero attached hydrogens (tertiary/aromatic N) is 2. The van der Waals surface area contributed by atoms with Crippen LogP contribution in [0, 0.1) is 0 Å². The normalized spacial score (nSPS) is 11.4. The van der Waals surface area contributed by atoms with Crippen LogP contribution in [0.15, 0.2) is 53.6 Å². The molecule has 0 saturated carbocycles. The van der Waals surface area contributed by atoms with E-state index in [9.17, 15) is 22.8 Å². The summed E-state index contributed by atoms with van der Waals surface area (Å²) in [5.41, 5.74) is -0.688. The monoisotopic (exact) mass is 427 g/mol. The van der Waals surface area contributed by atoms with E-state index in [0.29, 0.717) is 33.4 Å². The maximum Gasteiger partial charge on any atom is 0.417 e. The van der Waals surface area contributed by atoms with E-state index in [2.05, 4.69) is 10.3 Å². The van der Waals surface area contributed by atoms with Crippen LogP contribution in [-0.2, 0) is 23.9 Å². The summed E-state index contributed by atoms with van der Waals surface area (Å²) < 4.78 is 39.0. The number of halogens is 4. The maximum absolute atomic E-state index is 12.8. The van der Waals surface area contributed by atoms with E-state index < -0.39 is 29.8 Å². The molecule has 1 amide bonds. The topological polar surface area (TPSA) is 64.0 Å². The largest absolute Gasteiger partial charge is 0.417 e. The van der Waals surface area contributed by atoms with Crippen molar-refractivity contribution in [2.24, 2.45) is 0 Å². The van der Waals surface area contributed by atoms with Crippen molar-refractivity contribution in [1.29, 1.82) is 0 Å². The van der Waals surface area contributed by atoms with Gasteiger partial charge < -0.3 is 9.88 Å². The average Bonchev–Trinajstić information content (AvgIpc) is 3.04. The Morgan fingerprint density at radius 2 is 1.89 bits per heavy atom. The summed E-state index contributed by atoms with van der Waals surface area (Å²) in [5, 5.41) is 3.43. The third kappa shape index (κ3) is 5.20. The highest BCUT2D eigenvalue weighted by molar-refractivity contribution is 7.15. The van der Waals surface area contributed by atoms with Gasteiger partial charge in [0.2, 0.25) is 5.91 Å². The molecule has 3 aromatic rings. The summed E-state index contributed by atoms with van der Waals surface area (Å²) >= 11 is 7.08. The predicted octanol–water partition coefficient (Wildman–Crippen LogP) is 4.21. The fourth-order valence-corrected chi connectivity index (χ4v) is 3.38. The first-order valence-electron chi connectivity index (χ1n) is 7.97. The Morgan fingerprint density at radius 3 is 2.57 bits per heavy atom. The van der Waals surface area contributed by atoms with Crippen LogP contribution >= 0.6 is 22.9 Å². The lowest BCUT2D eigenvalue weighted by molar-refractivity contribution is -0.138. The van der Waals surface area contributed by atoms with Crippen LogP contribution in [0.3, 0.4) is 0 Å². The Morgan fingerprint density at radius 1 is 1.18 bits per heavy atom. The molecule has 0 bridgehead atoms. The van der Waals surface area contributed by atoms with Crippen molar-refractivity contribution in [1.82, 2.24) is 9.55 Å². The Balaban J connectivity index is 1.65. The molecule has 0 aliphatic heterocycles. The van der Waals surface area contributed by atoms with Gasteiger partial charge in [0.25, 0.3) is 5.56 Å². The van der Waals surface area contributed by atoms with Crippen molar-refractivity contribution in [2.45, 2.75) is 19.1 Å². The third-order valence-corrected chi connectivity index (χ3v) is 4.88. The van der Waals surface area contributed by atoms with Crippen molar-refractivity contribution >= 4 is 34.0 Å². The molecule has 1 aromatic carbocycles. The Labute approximate surface area is 166 Å². The van der Waals surface area contributed by atoms with Crippen LogP contribution in [0.25, 0.3) is 0 Å². The Hall–Kier alpha value is -2.65. The molecule has 0 aliphatic carbocycles. The number of carbonyl (C=O) groups excluding carboxylic acids is 1. The number of rotatable bonds is 5. The lowest BCUT2D eigenvalue weighted by Gasteiger charge is -2.10. The summed E-state index contributed by atoms with van der Waals surface area (Å²) in [6.45, 7) is -0.547. The lowest BCUT2D eigenvalue weighted by atomic mass is 10.1. The fourth-order valence-electron chi connectivity index (χ4n) is 2.39. The summed E-state index contributed by atoms with van der Waals surface area (Å²) in [5.74, 6) is -0.645. The summed E-state index contributed by atoms with van der Waals surface area (Å²) in [4.78, 5) is 28.8. The number of pyridine rings is 1. The molecule has 146 valence electrons. The number of hydrogen-bond acceptors (Lipinski definition) is 4. The molecule has 0 radical (unpaired) electrons. The maximum atomic E-state index is 12.8. The van der Waals surface area contributed by atoms with E-state index in [1.54, 1.807) is 18.3 Å². The van der Waals surface area contributed by atoms with Crippen LogP contribution in [0.2, 0.25) is 5.02 Å². The van der Waals surface area contributed by atoms with Gasteiger partial charge in [0.05, 0.1) is 5.56 Å². The zero-order chi connectivity index (χ0) is 20.3. The highest BCUT2D eigenvalue weighted by Crippen LogP contribution is 2.28. The van der Waals surface area contributed by atoms with E-state index in [4.69, 9.17) is 11.6 Å². The van der Waals surface area contributed by atoms with Crippen LogP contribution in [0.1, 0.15) is 16.0 Å². The first kappa shape index (κ1) is 20.1. The SMILES string of the molecule is O=C(Cn1cc(C(F)(F)F)ccc1=O)Nc1ncc(Cc2ccc(Cl)cc2)s1. The zero-order valence-electron chi connectivity index (χ0n) is 14.2. The average molecular weight is 428 g/mol. The number of hydrogen-bond donors (Lipinski definition) is 1. The molecule has 0 aliphatic rings. The van der Waals surface area contributed by atoms with Crippen LogP contribution < -0.4 is 10.9 Å². The van der Waals surface area contributed by atoms with E-state index in [1.165, 1.54) is 11.3 Å². The van der Waals surface area contributed by atoms with Gasteiger partial charge in [-0.05, 0) is 23.8 Å². The highest BCUT2D eigenvalue weighted by atomic mass is 35.5. The van der Waals surface area contributed by atoms with Gasteiger partial charge in [-0.25, -0.2) is 4.98 Å². The molecule has 5 nitrogen and oxygen atoms in total. The number of thiazole rings is 1. The minimum atomic E-state index is -4.60. The van der Waals surface area contributed by atoms with Crippen LogP contribution in [0.5, 0.6) is 0 Å². The van der Waals surface area contributed by atoms with Crippen molar-refractivity contribution < 1.29 is 18.0 Å². The Kier molecular flexibility index (Phi) is 5.85. The van der Waals surface area contributed by atoms with Gasteiger partial charge in [-0.1, -0.05) is 23.7 Å². The molecule has 0 fully saturated rings. The molecular formula is C18H13ClF3N3O2S. The van der Waals surface area contributed by atoms with E-state index in [1.807, 2.05) is 12.1 Å². The standard InChI is InChI=1S/C18H13ClF3N3O2S/c19-13-4-1-11(2-5-13)7-14-8-23-17(28-14)24-15(26)10-25-9-12(18(20,21)22)3-6-16(25)27/h1-6,8-9H,7,10H2,(H,23,24,26). The second-order valence-electron chi connectivity index (χ2n) is 5.86. The number of aromatic nitrogens is 2. The molecule has 0 unspecified atom stereocenters. The number of nitrogens with one attached hydrogen (secondary N) is 1. The van der Waals surface area contributed by atoms with Gasteiger partial charge in [0.15, 0.2) is 5.13 Å². The van der Waals surface area contributed by atoms with Crippen molar-refractivity contribution in [3.8, 4) is 0 Å². The van der Waals surface area contributed by atoms with Crippen LogP contribution in [0.4, 0.5) is 18.3 Å². The first-order valence-corrected chi connectivity index (χ1v) is 9.17. The molecule has 2 aromatic heterocycles. The number of carbonyl (C=O) groups is 1. The molecule has 28 heavy (non-hydrogen) atoms. The summed E-state index contributed by atoms with van der Waals surface area (Å²) in [6, 6.07) is 8.76. The second kappa shape index (κ2) is 8.15. The second-order valence-corrected chi connectivity index (χ2v) is 7.42. The van der Waals surface area contributed by atoms with Crippen molar-refractivity contribution in [3.05, 3.63) is 80.2 Å². The summed E-state index contributed by atoms with van der Waals surface area (Å²) in [7, 11) is 0.